The maximum Gasteiger partial charge on any atom is 0.410 e. The number of hydrogen-bond acceptors (Lipinski definition) is 7. The van der Waals surface area contributed by atoms with E-state index in [4.69, 9.17) is 4.74 Å². The molecule has 10 nitrogen and oxygen atoms in total. The molecule has 1 saturated heterocycles. The van der Waals surface area contributed by atoms with Gasteiger partial charge in [-0.25, -0.2) is 14.5 Å². The van der Waals surface area contributed by atoms with Gasteiger partial charge in [0.1, 0.15) is 11.9 Å². The number of piperidine rings is 1. The van der Waals surface area contributed by atoms with Crippen LogP contribution in [0.15, 0.2) is 30.6 Å². The summed E-state index contributed by atoms with van der Waals surface area (Å²) in [5.41, 5.74) is 0.110. The number of hydrogen-bond donors (Lipinski definition) is 0. The Labute approximate surface area is 194 Å². The molecular formula is C23H34N6O4. The molecule has 1 aliphatic heterocycles. The molecule has 1 fully saturated rings. The van der Waals surface area contributed by atoms with Crippen LogP contribution in [0.4, 0.5) is 10.5 Å². The lowest BCUT2D eigenvalue weighted by molar-refractivity contribution is -0.384. The summed E-state index contributed by atoms with van der Waals surface area (Å²) in [4.78, 5) is 31.7. The van der Waals surface area contributed by atoms with Crippen molar-refractivity contribution in [1.29, 1.82) is 0 Å². The Bertz CT molecular complexity index is 968. The number of non-ortho nitro benzene ring substituents is 1. The minimum Gasteiger partial charge on any atom is -0.444 e. The standard InChI is InChI=1S/C23H34N6O4/c1-17(2)28(22(30)33-23(3,4)5)14-18-8-7-11-26(13-18)16-27-15-24-21(25-27)19-9-6-10-20(12-19)29(31)32/h6,9-10,12,15,17-18H,7-8,11,13-14,16H2,1-5H3. The third kappa shape index (κ3) is 6.98. The fourth-order valence-corrected chi connectivity index (χ4v) is 3.98. The molecule has 1 aromatic heterocycles. The summed E-state index contributed by atoms with van der Waals surface area (Å²) in [5.74, 6) is 0.802. The highest BCUT2D eigenvalue weighted by Gasteiger charge is 2.29. The van der Waals surface area contributed by atoms with Crippen LogP contribution < -0.4 is 0 Å². The zero-order valence-corrected chi connectivity index (χ0v) is 20.1. The van der Waals surface area contributed by atoms with Gasteiger partial charge in [-0.15, -0.1) is 5.10 Å². The molecular weight excluding hydrogens is 424 g/mol. The van der Waals surface area contributed by atoms with Crippen molar-refractivity contribution in [3.8, 4) is 11.4 Å². The first-order chi connectivity index (χ1) is 15.5. The van der Waals surface area contributed by atoms with E-state index in [1.54, 1.807) is 23.1 Å². The second kappa shape index (κ2) is 10.3. The summed E-state index contributed by atoms with van der Waals surface area (Å²) in [5, 5.41) is 15.5. The van der Waals surface area contributed by atoms with Gasteiger partial charge in [-0.2, -0.15) is 0 Å². The van der Waals surface area contributed by atoms with Gasteiger partial charge in [-0.05, 0) is 59.9 Å². The van der Waals surface area contributed by atoms with Gasteiger partial charge in [0.15, 0.2) is 5.82 Å². The minimum atomic E-state index is -0.521. The van der Waals surface area contributed by atoms with Crippen LogP contribution in [0.3, 0.4) is 0 Å². The van der Waals surface area contributed by atoms with Gasteiger partial charge in [0.25, 0.3) is 5.69 Å². The van der Waals surface area contributed by atoms with Crippen LogP contribution in [0.1, 0.15) is 47.5 Å². The van der Waals surface area contributed by atoms with Crippen molar-refractivity contribution in [2.45, 2.75) is 65.8 Å². The number of nitro benzene ring substituents is 1. The number of rotatable bonds is 7. The van der Waals surface area contributed by atoms with Crippen molar-refractivity contribution >= 4 is 11.8 Å². The highest BCUT2D eigenvalue weighted by molar-refractivity contribution is 5.68. The molecule has 2 aromatic rings. The first-order valence-corrected chi connectivity index (χ1v) is 11.4. The molecule has 0 spiro atoms. The van der Waals surface area contributed by atoms with E-state index in [0.717, 1.165) is 25.9 Å². The monoisotopic (exact) mass is 458 g/mol. The molecule has 33 heavy (non-hydrogen) atoms. The summed E-state index contributed by atoms with van der Waals surface area (Å²) >= 11 is 0. The predicted molar refractivity (Wildman–Crippen MR) is 124 cm³/mol. The van der Waals surface area contributed by atoms with Gasteiger partial charge in [-0.3, -0.25) is 15.0 Å². The Morgan fingerprint density at radius 1 is 1.36 bits per heavy atom. The van der Waals surface area contributed by atoms with E-state index in [1.807, 2.05) is 39.5 Å². The van der Waals surface area contributed by atoms with Gasteiger partial charge < -0.3 is 9.64 Å². The number of benzene rings is 1. The fourth-order valence-electron chi connectivity index (χ4n) is 3.98. The number of aromatic nitrogens is 3. The normalized spacial score (nSPS) is 17.2. The molecule has 0 saturated carbocycles. The van der Waals surface area contributed by atoms with E-state index in [2.05, 4.69) is 15.0 Å². The Hall–Kier alpha value is -3.01. The lowest BCUT2D eigenvalue weighted by atomic mass is 9.97. The zero-order chi connectivity index (χ0) is 24.2. The summed E-state index contributed by atoms with van der Waals surface area (Å²) < 4.78 is 7.36. The summed E-state index contributed by atoms with van der Waals surface area (Å²) in [6, 6.07) is 6.39. The lowest BCUT2D eigenvalue weighted by Gasteiger charge is -2.37. The Morgan fingerprint density at radius 3 is 2.79 bits per heavy atom. The van der Waals surface area contributed by atoms with Gasteiger partial charge >= 0.3 is 6.09 Å². The number of amides is 1. The number of carbonyl (C=O) groups excluding carboxylic acids is 1. The summed E-state index contributed by atoms with van der Waals surface area (Å²) in [6.07, 6.45) is 3.47. The van der Waals surface area contributed by atoms with Crippen LogP contribution in [0.25, 0.3) is 11.4 Å². The SMILES string of the molecule is CC(C)N(CC1CCCN(Cn2cnc(-c3cccc([N+](=O)[O-])c3)n2)C1)C(=O)OC(C)(C)C. The van der Waals surface area contributed by atoms with E-state index in [1.165, 1.54) is 12.1 Å². The van der Waals surface area contributed by atoms with Crippen molar-refractivity contribution in [3.05, 3.63) is 40.7 Å². The van der Waals surface area contributed by atoms with E-state index in [-0.39, 0.29) is 17.8 Å². The maximum atomic E-state index is 12.7. The van der Waals surface area contributed by atoms with Gasteiger partial charge in [0.05, 0.1) is 11.6 Å². The second-order valence-corrected chi connectivity index (χ2v) is 9.87. The third-order valence-electron chi connectivity index (χ3n) is 5.51. The van der Waals surface area contributed by atoms with Crippen molar-refractivity contribution in [2.75, 3.05) is 19.6 Å². The molecule has 0 radical (unpaired) electrons. The third-order valence-corrected chi connectivity index (χ3v) is 5.51. The predicted octanol–water partition coefficient (Wildman–Crippen LogP) is 4.17. The molecule has 10 heteroatoms. The second-order valence-electron chi connectivity index (χ2n) is 9.87. The van der Waals surface area contributed by atoms with E-state index < -0.39 is 10.5 Å². The van der Waals surface area contributed by atoms with E-state index in [0.29, 0.717) is 30.5 Å². The van der Waals surface area contributed by atoms with Gasteiger partial charge in [0, 0.05) is 36.8 Å². The highest BCUT2D eigenvalue weighted by atomic mass is 16.6. The lowest BCUT2D eigenvalue weighted by Crippen LogP contribution is -2.47. The largest absolute Gasteiger partial charge is 0.444 e. The molecule has 0 aliphatic carbocycles. The molecule has 1 amide bonds. The number of carbonyl (C=O) groups is 1. The number of likely N-dealkylation sites (tertiary alicyclic amines) is 1. The maximum absolute atomic E-state index is 12.7. The van der Waals surface area contributed by atoms with Crippen LogP contribution in [0, 0.1) is 16.0 Å². The molecule has 2 heterocycles. The molecule has 0 N–H and O–H groups in total. The van der Waals surface area contributed by atoms with E-state index in [9.17, 15) is 14.9 Å². The summed E-state index contributed by atoms with van der Waals surface area (Å²) in [7, 11) is 0. The Kier molecular flexibility index (Phi) is 7.68. The first-order valence-electron chi connectivity index (χ1n) is 11.4. The smallest absolute Gasteiger partial charge is 0.410 e. The Morgan fingerprint density at radius 2 is 2.12 bits per heavy atom. The first kappa shape index (κ1) is 24.6. The molecule has 0 bridgehead atoms. The molecule has 1 atom stereocenters. The van der Waals surface area contributed by atoms with Crippen LogP contribution in [0.5, 0.6) is 0 Å². The van der Waals surface area contributed by atoms with Gasteiger partial charge in [0.2, 0.25) is 0 Å². The molecule has 1 unspecified atom stereocenters. The summed E-state index contributed by atoms with van der Waals surface area (Å²) in [6.45, 7) is 12.7. The van der Waals surface area contributed by atoms with Crippen LogP contribution in [-0.2, 0) is 11.4 Å². The molecule has 180 valence electrons. The highest BCUT2D eigenvalue weighted by Crippen LogP contribution is 2.23. The average molecular weight is 459 g/mol. The molecule has 1 aromatic carbocycles. The van der Waals surface area contributed by atoms with Gasteiger partial charge in [-0.1, -0.05) is 12.1 Å². The van der Waals surface area contributed by atoms with Crippen molar-refractivity contribution in [2.24, 2.45) is 5.92 Å². The van der Waals surface area contributed by atoms with Crippen LogP contribution in [-0.4, -0.2) is 66.9 Å². The van der Waals surface area contributed by atoms with Crippen molar-refractivity contribution < 1.29 is 14.5 Å². The quantitative estimate of drug-likeness (QED) is 0.453. The van der Waals surface area contributed by atoms with Crippen molar-refractivity contribution in [1.82, 2.24) is 24.6 Å². The minimum absolute atomic E-state index is 0.0161. The van der Waals surface area contributed by atoms with Crippen LogP contribution in [0.2, 0.25) is 0 Å². The number of nitrogens with zero attached hydrogens (tertiary/aromatic N) is 6. The average Bonchev–Trinajstić information content (AvgIpc) is 3.19. The van der Waals surface area contributed by atoms with Crippen molar-refractivity contribution in [3.63, 3.8) is 0 Å². The van der Waals surface area contributed by atoms with E-state index >= 15 is 0 Å². The molecule has 1 aliphatic rings. The molecule has 3 rings (SSSR count). The number of nitro groups is 1. The number of ether oxygens (including phenoxy) is 1. The Balaban J connectivity index is 1.61. The zero-order valence-electron chi connectivity index (χ0n) is 20.1. The van der Waals surface area contributed by atoms with Crippen LogP contribution >= 0.6 is 0 Å². The topological polar surface area (TPSA) is 107 Å². The fraction of sp³-hybridized carbons (Fsp3) is 0.609.